The Balaban J connectivity index is 0.000000143. The summed E-state index contributed by atoms with van der Waals surface area (Å²) in [5, 5.41) is 14.8. The molecule has 0 nitrogen and oxygen atoms in total. The number of allylic oxidation sites excluding steroid dienone is 4. The first-order valence-corrected chi connectivity index (χ1v) is 22.6. The number of rotatable bonds is 0. The highest BCUT2D eigenvalue weighted by Gasteiger charge is 2.21. The lowest BCUT2D eigenvalue weighted by atomic mass is 9.88. The molecule has 64 heavy (non-hydrogen) atoms. The van der Waals surface area contributed by atoms with Crippen LogP contribution in [-0.2, 0) is 25.7 Å². The van der Waals surface area contributed by atoms with Crippen LogP contribution >= 0.6 is 0 Å². The number of fused-ring (bicyclic) bond motifs is 10. The molecule has 0 bridgehead atoms. The lowest BCUT2D eigenvalue weighted by Gasteiger charge is -2.15. The van der Waals surface area contributed by atoms with Gasteiger partial charge in [0, 0.05) is 22.3 Å². The molecule has 12 rings (SSSR count). The molecule has 304 valence electrons. The molecule has 4 aliphatic carbocycles. The van der Waals surface area contributed by atoms with Gasteiger partial charge in [0.15, 0.2) is 0 Å². The van der Waals surface area contributed by atoms with Crippen LogP contribution < -0.4 is 0 Å². The van der Waals surface area contributed by atoms with Gasteiger partial charge in [0.25, 0.3) is 0 Å². The first kappa shape index (κ1) is 39.4. The van der Waals surface area contributed by atoms with Crippen LogP contribution in [0.4, 0.5) is 0 Å². The predicted molar refractivity (Wildman–Crippen MR) is 278 cm³/mol. The highest BCUT2D eigenvalue weighted by Crippen LogP contribution is 2.42. The molecule has 0 atom stereocenters. The van der Waals surface area contributed by atoms with E-state index in [-0.39, 0.29) is 0 Å². The van der Waals surface area contributed by atoms with Crippen LogP contribution in [0, 0.1) is 47.4 Å². The minimum atomic E-state index is 1.02. The predicted octanol–water partition coefficient (Wildman–Crippen LogP) is 15.6. The third-order valence-electron chi connectivity index (χ3n) is 13.7. The minimum absolute atomic E-state index is 1.02. The molecule has 0 fully saturated rings. The molecule has 0 spiro atoms. The topological polar surface area (TPSA) is 0 Å². The van der Waals surface area contributed by atoms with Crippen LogP contribution in [0.2, 0.25) is 0 Å². The van der Waals surface area contributed by atoms with Crippen LogP contribution in [-0.4, -0.2) is 0 Å². The van der Waals surface area contributed by atoms with E-state index in [4.69, 9.17) is 0 Å². The third-order valence-corrected chi connectivity index (χ3v) is 13.7. The Morgan fingerprint density at radius 3 is 0.812 bits per heavy atom. The SMILES string of the molecule is CC#Cc1c2cc3c(cc2c(C#CC)c2cc4cc5c(cc4cc12)C=C(C)C5)CC(C)=C3.CC#Cc1c2cc3c(cc2c(C#CC)c2cc4cc5c(cc4cc12)CC(C)=C5)CC(C)=C3. The zero-order chi connectivity index (χ0) is 44.0. The van der Waals surface area contributed by atoms with Gasteiger partial charge in [-0.15, -0.1) is 23.7 Å². The average molecular weight is 817 g/mol. The van der Waals surface area contributed by atoms with Gasteiger partial charge < -0.3 is 0 Å². The van der Waals surface area contributed by atoms with Gasteiger partial charge in [-0.3, -0.25) is 0 Å². The Bertz CT molecular complexity index is 3910. The second-order valence-electron chi connectivity index (χ2n) is 18.5. The van der Waals surface area contributed by atoms with Gasteiger partial charge in [0.1, 0.15) is 0 Å². The van der Waals surface area contributed by atoms with Crippen molar-refractivity contribution in [1.29, 1.82) is 0 Å². The van der Waals surface area contributed by atoms with E-state index in [0.717, 1.165) is 47.9 Å². The summed E-state index contributed by atoms with van der Waals surface area (Å²) in [7, 11) is 0. The van der Waals surface area contributed by atoms with Gasteiger partial charge in [0.2, 0.25) is 0 Å². The van der Waals surface area contributed by atoms with Gasteiger partial charge in [-0.05, 0) is 251 Å². The Hall–Kier alpha value is -7.48. The number of hydrogen-bond acceptors (Lipinski definition) is 0. The van der Waals surface area contributed by atoms with E-state index < -0.39 is 0 Å². The average Bonchev–Trinajstić information content (AvgIpc) is 4.03. The molecular formula is C64H48. The van der Waals surface area contributed by atoms with Crippen molar-refractivity contribution in [3.8, 4) is 47.4 Å². The van der Waals surface area contributed by atoms with E-state index in [2.05, 4.69) is 172 Å². The molecule has 4 aliphatic rings. The lowest BCUT2D eigenvalue weighted by molar-refractivity contribution is 1.20. The van der Waals surface area contributed by atoms with E-state index in [0.29, 0.717) is 0 Å². The lowest BCUT2D eigenvalue weighted by Crippen LogP contribution is -1.94. The molecular weight excluding hydrogens is 769 g/mol. The van der Waals surface area contributed by atoms with Gasteiger partial charge in [-0.25, -0.2) is 0 Å². The zero-order valence-electron chi connectivity index (χ0n) is 38.1. The highest BCUT2D eigenvalue weighted by molar-refractivity contribution is 6.16. The first-order chi connectivity index (χ1) is 31.1. The summed E-state index contributed by atoms with van der Waals surface area (Å²) >= 11 is 0. The molecule has 0 unspecified atom stereocenters. The largest absolute Gasteiger partial charge is 0.101 e. The van der Waals surface area contributed by atoms with Crippen molar-refractivity contribution in [1.82, 2.24) is 0 Å². The van der Waals surface area contributed by atoms with Crippen molar-refractivity contribution in [2.75, 3.05) is 0 Å². The minimum Gasteiger partial charge on any atom is -0.101 e. The summed E-state index contributed by atoms with van der Waals surface area (Å²) in [6.07, 6.45) is 13.4. The van der Waals surface area contributed by atoms with E-state index in [1.54, 1.807) is 0 Å². The maximum atomic E-state index is 3.46. The molecule has 0 N–H and O–H groups in total. The molecule has 0 heteroatoms. The summed E-state index contributed by atoms with van der Waals surface area (Å²) in [4.78, 5) is 0. The van der Waals surface area contributed by atoms with Crippen molar-refractivity contribution < 1.29 is 0 Å². The van der Waals surface area contributed by atoms with Crippen molar-refractivity contribution in [3.63, 3.8) is 0 Å². The Morgan fingerprint density at radius 2 is 0.516 bits per heavy atom. The second-order valence-corrected chi connectivity index (χ2v) is 18.5. The molecule has 0 amide bonds. The van der Waals surface area contributed by atoms with Crippen LogP contribution in [0.3, 0.4) is 0 Å². The van der Waals surface area contributed by atoms with Gasteiger partial charge in [-0.1, -0.05) is 82.4 Å². The Morgan fingerprint density at radius 1 is 0.281 bits per heavy atom. The van der Waals surface area contributed by atoms with E-state index >= 15 is 0 Å². The fourth-order valence-electron chi connectivity index (χ4n) is 11.0. The summed E-state index contributed by atoms with van der Waals surface area (Å²) < 4.78 is 0. The Labute approximate surface area is 377 Å². The smallest absolute Gasteiger partial charge is 0.0403 e. The van der Waals surface area contributed by atoms with E-state index in [1.807, 2.05) is 27.7 Å². The number of hydrogen-bond donors (Lipinski definition) is 0. The molecule has 0 saturated heterocycles. The molecule has 0 aromatic heterocycles. The van der Waals surface area contributed by atoms with Crippen LogP contribution in [0.15, 0.2) is 95.1 Å². The zero-order valence-corrected chi connectivity index (χ0v) is 38.1. The molecule has 0 saturated carbocycles. The maximum absolute atomic E-state index is 3.46. The van der Waals surface area contributed by atoms with Gasteiger partial charge >= 0.3 is 0 Å². The normalized spacial score (nSPS) is 13.9. The summed E-state index contributed by atoms with van der Waals surface area (Å²) in [5.41, 5.74) is 21.2. The highest BCUT2D eigenvalue weighted by atomic mass is 14.2. The van der Waals surface area contributed by atoms with Crippen molar-refractivity contribution in [2.24, 2.45) is 0 Å². The van der Waals surface area contributed by atoms with Gasteiger partial charge in [-0.2, -0.15) is 0 Å². The maximum Gasteiger partial charge on any atom is 0.0403 e. The van der Waals surface area contributed by atoms with Crippen LogP contribution in [0.5, 0.6) is 0 Å². The van der Waals surface area contributed by atoms with Crippen LogP contribution in [0.25, 0.3) is 88.9 Å². The summed E-state index contributed by atoms with van der Waals surface area (Å²) in [5.74, 6) is 26.6. The summed E-state index contributed by atoms with van der Waals surface area (Å²) in [6.45, 7) is 16.6. The standard InChI is InChI=1S/2C32H24/c2*1-5-7-27-29-15-23-11-20(4)12-24(23)16-30(29)28(8-6-2)32-18-26-14-22-10-19(3)9-21(22)13-25(26)17-31(27)32/h9,12-18H,10-11H2,1-4H3;9,11,13-18H,10,12H2,1-4H3. The van der Waals surface area contributed by atoms with Gasteiger partial charge in [0.05, 0.1) is 0 Å². The molecule has 0 heterocycles. The van der Waals surface area contributed by atoms with Crippen molar-refractivity contribution in [2.45, 2.75) is 81.1 Å². The van der Waals surface area contributed by atoms with E-state index in [1.165, 1.54) is 131 Å². The quantitative estimate of drug-likeness (QED) is 0.106. The van der Waals surface area contributed by atoms with E-state index in [9.17, 15) is 0 Å². The second kappa shape index (κ2) is 15.1. The third kappa shape index (κ3) is 6.37. The van der Waals surface area contributed by atoms with Crippen molar-refractivity contribution >= 4 is 88.9 Å². The monoisotopic (exact) mass is 816 g/mol. The molecule has 8 aromatic carbocycles. The molecule has 0 radical (unpaired) electrons. The summed E-state index contributed by atoms with van der Waals surface area (Å²) in [6, 6.07) is 28.2. The molecule has 8 aromatic rings. The number of benzene rings is 8. The first-order valence-electron chi connectivity index (χ1n) is 22.6. The van der Waals surface area contributed by atoms with Crippen molar-refractivity contribution in [3.05, 3.63) is 162 Å². The van der Waals surface area contributed by atoms with Crippen LogP contribution in [0.1, 0.15) is 122 Å². The Kier molecular flexibility index (Phi) is 9.29. The fraction of sp³-hybridized carbons (Fsp3) is 0.188. The fourth-order valence-corrected chi connectivity index (χ4v) is 11.0. The molecule has 0 aliphatic heterocycles.